The zero-order valence-corrected chi connectivity index (χ0v) is 20.5. The Labute approximate surface area is 189 Å². The fraction of sp³-hybridized carbons (Fsp3) is 0.769. The summed E-state index contributed by atoms with van der Waals surface area (Å²) in [6, 6.07) is 0. The van der Waals surface area contributed by atoms with Gasteiger partial charge in [-0.15, -0.1) is 0 Å². The molecule has 0 spiro atoms. The fourth-order valence-electron chi connectivity index (χ4n) is 3.88. The average molecular weight is 437 g/mol. The SMILES string of the molecule is CCCCCCCC(CCC(=O)O)OC(=O)OC(C)C(C)/C=C/C1CC=C(C)C1(C)C. The molecular formula is C26H44O5. The molecule has 0 aromatic rings. The number of carbonyl (C=O) groups excluding carboxylic acids is 1. The Morgan fingerprint density at radius 1 is 1.16 bits per heavy atom. The van der Waals surface area contributed by atoms with Gasteiger partial charge in [-0.05, 0) is 50.9 Å². The number of carbonyl (C=O) groups is 2. The molecule has 0 heterocycles. The van der Waals surface area contributed by atoms with Crippen molar-refractivity contribution >= 4 is 12.1 Å². The van der Waals surface area contributed by atoms with Gasteiger partial charge in [0.1, 0.15) is 12.2 Å². The van der Waals surface area contributed by atoms with Gasteiger partial charge in [-0.2, -0.15) is 0 Å². The third kappa shape index (κ3) is 9.92. The fourth-order valence-corrected chi connectivity index (χ4v) is 3.88. The summed E-state index contributed by atoms with van der Waals surface area (Å²) in [5.74, 6) is -0.349. The number of hydrogen-bond acceptors (Lipinski definition) is 4. The van der Waals surface area contributed by atoms with Crippen LogP contribution in [0.4, 0.5) is 4.79 Å². The second-order valence-corrected chi connectivity index (χ2v) is 9.64. The second kappa shape index (κ2) is 13.6. The van der Waals surface area contributed by atoms with Crippen molar-refractivity contribution in [3.63, 3.8) is 0 Å². The van der Waals surface area contributed by atoms with Gasteiger partial charge < -0.3 is 14.6 Å². The molecule has 0 bridgehead atoms. The molecule has 178 valence electrons. The lowest BCUT2D eigenvalue weighted by atomic mass is 9.77. The minimum Gasteiger partial charge on any atom is -0.481 e. The van der Waals surface area contributed by atoms with Gasteiger partial charge >= 0.3 is 12.1 Å². The summed E-state index contributed by atoms with van der Waals surface area (Å²) in [5.41, 5.74) is 1.58. The van der Waals surface area contributed by atoms with Crippen LogP contribution in [-0.2, 0) is 14.3 Å². The van der Waals surface area contributed by atoms with Crippen LogP contribution < -0.4 is 0 Å². The molecule has 5 heteroatoms. The van der Waals surface area contributed by atoms with E-state index in [1.807, 2.05) is 13.8 Å². The van der Waals surface area contributed by atoms with E-state index >= 15 is 0 Å². The third-order valence-corrected chi connectivity index (χ3v) is 6.86. The highest BCUT2D eigenvalue weighted by Crippen LogP contribution is 2.43. The molecule has 1 rings (SSSR count). The van der Waals surface area contributed by atoms with Crippen LogP contribution in [0.3, 0.4) is 0 Å². The Morgan fingerprint density at radius 3 is 2.42 bits per heavy atom. The summed E-state index contributed by atoms with van der Waals surface area (Å²) >= 11 is 0. The number of hydrogen-bond donors (Lipinski definition) is 1. The first kappa shape index (κ1) is 27.3. The van der Waals surface area contributed by atoms with Gasteiger partial charge in [-0.1, -0.05) is 77.2 Å². The van der Waals surface area contributed by atoms with Crippen LogP contribution >= 0.6 is 0 Å². The number of unbranched alkanes of at least 4 members (excludes halogenated alkanes) is 4. The molecule has 0 aliphatic heterocycles. The first-order chi connectivity index (χ1) is 14.6. The summed E-state index contributed by atoms with van der Waals surface area (Å²) < 4.78 is 11.0. The van der Waals surface area contributed by atoms with E-state index in [4.69, 9.17) is 14.6 Å². The highest BCUT2D eigenvalue weighted by Gasteiger charge is 2.33. The number of allylic oxidation sites excluding steroid dienone is 3. The summed E-state index contributed by atoms with van der Waals surface area (Å²) in [6.07, 6.45) is 12.8. The monoisotopic (exact) mass is 436 g/mol. The minimum atomic E-state index is -0.875. The van der Waals surface area contributed by atoms with Gasteiger partial charge in [0.2, 0.25) is 0 Å². The van der Waals surface area contributed by atoms with Crippen LogP contribution in [0.2, 0.25) is 0 Å². The largest absolute Gasteiger partial charge is 0.508 e. The Morgan fingerprint density at radius 2 is 1.84 bits per heavy atom. The van der Waals surface area contributed by atoms with E-state index in [2.05, 4.69) is 45.9 Å². The molecule has 4 unspecified atom stereocenters. The van der Waals surface area contributed by atoms with Crippen molar-refractivity contribution < 1.29 is 24.2 Å². The van der Waals surface area contributed by atoms with Crippen molar-refractivity contribution in [2.24, 2.45) is 17.3 Å². The van der Waals surface area contributed by atoms with Crippen LogP contribution in [0.15, 0.2) is 23.8 Å². The Kier molecular flexibility index (Phi) is 12.0. The van der Waals surface area contributed by atoms with Gasteiger partial charge in [0, 0.05) is 12.3 Å². The predicted molar refractivity (Wildman–Crippen MR) is 125 cm³/mol. The van der Waals surface area contributed by atoms with E-state index in [-0.39, 0.29) is 23.9 Å². The molecule has 0 aromatic heterocycles. The molecule has 0 radical (unpaired) electrons. The van der Waals surface area contributed by atoms with E-state index in [1.165, 1.54) is 18.4 Å². The molecule has 0 fully saturated rings. The van der Waals surface area contributed by atoms with Gasteiger partial charge in [0.05, 0.1) is 0 Å². The Hall–Kier alpha value is -1.78. The molecular weight excluding hydrogens is 392 g/mol. The lowest BCUT2D eigenvalue weighted by Crippen LogP contribution is -2.26. The minimum absolute atomic E-state index is 0.00771. The highest BCUT2D eigenvalue weighted by molar-refractivity contribution is 5.66. The first-order valence-electron chi connectivity index (χ1n) is 12.0. The van der Waals surface area contributed by atoms with Gasteiger partial charge in [0.15, 0.2) is 0 Å². The molecule has 31 heavy (non-hydrogen) atoms. The van der Waals surface area contributed by atoms with E-state index in [0.717, 1.165) is 25.7 Å². The second-order valence-electron chi connectivity index (χ2n) is 9.64. The molecule has 0 aromatic carbocycles. The van der Waals surface area contributed by atoms with Crippen LogP contribution in [0.1, 0.15) is 99.3 Å². The smallest absolute Gasteiger partial charge is 0.481 e. The zero-order valence-electron chi connectivity index (χ0n) is 20.5. The number of carboxylic acids is 1. The normalized spacial score (nSPS) is 20.8. The van der Waals surface area contributed by atoms with Gasteiger partial charge in [-0.3, -0.25) is 4.79 Å². The van der Waals surface area contributed by atoms with Crippen molar-refractivity contribution in [1.82, 2.24) is 0 Å². The summed E-state index contributed by atoms with van der Waals surface area (Å²) in [5, 5.41) is 8.98. The van der Waals surface area contributed by atoms with E-state index in [1.54, 1.807) is 0 Å². The zero-order chi connectivity index (χ0) is 23.4. The van der Waals surface area contributed by atoms with E-state index in [9.17, 15) is 9.59 Å². The quantitative estimate of drug-likeness (QED) is 0.176. The average Bonchev–Trinajstić information content (AvgIpc) is 2.95. The van der Waals surface area contributed by atoms with Crippen LogP contribution in [0.25, 0.3) is 0 Å². The van der Waals surface area contributed by atoms with Crippen molar-refractivity contribution in [1.29, 1.82) is 0 Å². The Bertz CT molecular complexity index is 619. The third-order valence-electron chi connectivity index (χ3n) is 6.86. The number of rotatable bonds is 14. The molecule has 0 amide bonds. The maximum atomic E-state index is 12.3. The predicted octanol–water partition coefficient (Wildman–Crippen LogP) is 7.31. The first-order valence-corrected chi connectivity index (χ1v) is 12.0. The molecule has 0 saturated heterocycles. The van der Waals surface area contributed by atoms with Crippen LogP contribution in [0, 0.1) is 17.3 Å². The molecule has 1 N–H and O–H groups in total. The maximum Gasteiger partial charge on any atom is 0.508 e. The van der Waals surface area contributed by atoms with Crippen molar-refractivity contribution in [2.75, 3.05) is 0 Å². The Balaban J connectivity index is 2.50. The molecule has 0 saturated carbocycles. The van der Waals surface area contributed by atoms with E-state index < -0.39 is 18.2 Å². The van der Waals surface area contributed by atoms with E-state index in [0.29, 0.717) is 18.8 Å². The van der Waals surface area contributed by atoms with Crippen molar-refractivity contribution in [3.05, 3.63) is 23.8 Å². The topological polar surface area (TPSA) is 72.8 Å². The lowest BCUT2D eigenvalue weighted by Gasteiger charge is -2.28. The lowest BCUT2D eigenvalue weighted by molar-refractivity contribution is -0.137. The van der Waals surface area contributed by atoms with Gasteiger partial charge in [-0.25, -0.2) is 4.79 Å². The molecule has 4 atom stereocenters. The standard InChI is InChI=1S/C26H44O5/c1-7-8-9-10-11-12-23(17-18-24(27)28)31-25(29)30-21(4)19(2)13-15-22-16-14-20(3)26(22,5)6/h13-15,19,21-23H,7-12,16-18H2,1-6H3,(H,27,28)/b15-13+. The van der Waals surface area contributed by atoms with Crippen molar-refractivity contribution in [3.8, 4) is 0 Å². The molecule has 5 nitrogen and oxygen atoms in total. The highest BCUT2D eigenvalue weighted by atomic mass is 16.7. The van der Waals surface area contributed by atoms with Crippen LogP contribution in [-0.4, -0.2) is 29.4 Å². The number of carboxylic acid groups (broad SMARTS) is 1. The van der Waals surface area contributed by atoms with Crippen molar-refractivity contribution in [2.45, 2.75) is 112 Å². The maximum absolute atomic E-state index is 12.3. The molecule has 1 aliphatic rings. The summed E-state index contributed by atoms with van der Waals surface area (Å²) in [6.45, 7) is 12.8. The summed E-state index contributed by atoms with van der Waals surface area (Å²) in [7, 11) is 0. The number of ether oxygens (including phenoxy) is 2. The van der Waals surface area contributed by atoms with Gasteiger partial charge in [0.25, 0.3) is 0 Å². The molecule has 1 aliphatic carbocycles. The number of aliphatic carboxylic acids is 1. The van der Waals surface area contributed by atoms with Crippen LogP contribution in [0.5, 0.6) is 0 Å². The summed E-state index contributed by atoms with van der Waals surface area (Å²) in [4.78, 5) is 23.3.